The lowest BCUT2D eigenvalue weighted by molar-refractivity contribution is -0.115. The number of carbonyl (C=O) groups excluding carboxylic acids is 1. The summed E-state index contributed by atoms with van der Waals surface area (Å²) in [5.41, 5.74) is 0.816. The first kappa shape index (κ1) is 14.0. The van der Waals surface area contributed by atoms with Crippen molar-refractivity contribution >= 4 is 35.0 Å². The summed E-state index contributed by atoms with van der Waals surface area (Å²) in [6.07, 6.45) is 0. The number of carbonyl (C=O) groups is 1. The molecule has 1 N–H and O–H groups in total. The number of para-hydroxylation sites is 1. The lowest BCUT2D eigenvalue weighted by Gasteiger charge is -2.12. The van der Waals surface area contributed by atoms with E-state index in [1.807, 2.05) is 61.5 Å². The molecule has 1 amide bonds. The fourth-order valence-corrected chi connectivity index (χ4v) is 2.53. The number of nitrogens with one attached hydrogen (secondary N) is 1. The van der Waals surface area contributed by atoms with Crippen LogP contribution in [0, 0.1) is 0 Å². The van der Waals surface area contributed by atoms with E-state index in [0.717, 1.165) is 10.6 Å². The predicted octanol–water partition coefficient (Wildman–Crippen LogP) is 4.46. The third kappa shape index (κ3) is 4.30. The van der Waals surface area contributed by atoms with Crippen molar-refractivity contribution in [3.8, 4) is 0 Å². The van der Waals surface area contributed by atoms with E-state index in [9.17, 15) is 4.79 Å². The van der Waals surface area contributed by atoms with Crippen LogP contribution in [0.25, 0.3) is 0 Å². The maximum atomic E-state index is 12.0. The Morgan fingerprint density at radius 3 is 2.37 bits per heavy atom. The monoisotopic (exact) mass is 291 g/mol. The van der Waals surface area contributed by atoms with Gasteiger partial charge in [-0.2, -0.15) is 0 Å². The van der Waals surface area contributed by atoms with Crippen LogP contribution in [-0.2, 0) is 4.79 Å². The molecule has 0 bridgehead atoms. The van der Waals surface area contributed by atoms with Gasteiger partial charge in [-0.3, -0.25) is 4.79 Å². The van der Waals surface area contributed by atoms with E-state index in [1.165, 1.54) is 11.8 Å². The molecule has 98 valence electrons. The molecule has 2 aromatic carbocycles. The Hall–Kier alpha value is -1.45. The lowest BCUT2D eigenvalue weighted by atomic mass is 10.3. The Kier molecular flexibility index (Phi) is 4.88. The zero-order valence-electron chi connectivity index (χ0n) is 10.5. The van der Waals surface area contributed by atoms with Gasteiger partial charge in [0.15, 0.2) is 0 Å². The Balaban J connectivity index is 1.94. The molecule has 0 aliphatic carbocycles. The van der Waals surface area contributed by atoms with Crippen molar-refractivity contribution in [2.75, 3.05) is 5.32 Å². The van der Waals surface area contributed by atoms with Gasteiger partial charge in [0.05, 0.1) is 5.25 Å². The highest BCUT2D eigenvalue weighted by Gasteiger charge is 2.14. The van der Waals surface area contributed by atoms with Crippen molar-refractivity contribution in [1.82, 2.24) is 0 Å². The van der Waals surface area contributed by atoms with Gasteiger partial charge in [0.25, 0.3) is 0 Å². The van der Waals surface area contributed by atoms with Gasteiger partial charge >= 0.3 is 0 Å². The van der Waals surface area contributed by atoms with E-state index in [2.05, 4.69) is 5.32 Å². The van der Waals surface area contributed by atoms with Crippen molar-refractivity contribution < 1.29 is 4.79 Å². The van der Waals surface area contributed by atoms with Crippen LogP contribution in [0.5, 0.6) is 0 Å². The molecule has 0 radical (unpaired) electrons. The predicted molar refractivity (Wildman–Crippen MR) is 81.8 cm³/mol. The van der Waals surface area contributed by atoms with Crippen LogP contribution in [-0.4, -0.2) is 11.2 Å². The van der Waals surface area contributed by atoms with Crippen LogP contribution in [0.2, 0.25) is 5.02 Å². The van der Waals surface area contributed by atoms with E-state index >= 15 is 0 Å². The highest BCUT2D eigenvalue weighted by Crippen LogP contribution is 2.25. The second-order valence-corrected chi connectivity index (χ2v) is 5.92. The van der Waals surface area contributed by atoms with Crippen LogP contribution in [0.4, 0.5) is 5.69 Å². The Morgan fingerprint density at radius 2 is 1.74 bits per heavy atom. The number of amides is 1. The third-order valence-corrected chi connectivity index (χ3v) is 3.90. The van der Waals surface area contributed by atoms with Gasteiger partial charge in [-0.1, -0.05) is 29.8 Å². The summed E-state index contributed by atoms with van der Waals surface area (Å²) in [5.74, 6) is -0.00819. The number of rotatable bonds is 4. The van der Waals surface area contributed by atoms with Crippen LogP contribution in [0.1, 0.15) is 6.92 Å². The molecule has 0 unspecified atom stereocenters. The van der Waals surface area contributed by atoms with Gasteiger partial charge in [0, 0.05) is 15.6 Å². The van der Waals surface area contributed by atoms with Crippen molar-refractivity contribution in [1.29, 1.82) is 0 Å². The molecule has 0 heterocycles. The van der Waals surface area contributed by atoms with Gasteiger partial charge in [-0.05, 0) is 43.3 Å². The van der Waals surface area contributed by atoms with Crippen molar-refractivity contribution in [2.24, 2.45) is 0 Å². The summed E-state index contributed by atoms with van der Waals surface area (Å²) >= 11 is 7.34. The van der Waals surface area contributed by atoms with Gasteiger partial charge < -0.3 is 5.32 Å². The second kappa shape index (κ2) is 6.64. The average Bonchev–Trinajstić information content (AvgIpc) is 2.42. The molecule has 0 aromatic heterocycles. The number of hydrogen-bond donors (Lipinski definition) is 1. The molecular weight excluding hydrogens is 278 g/mol. The van der Waals surface area contributed by atoms with Crippen molar-refractivity contribution in [3.63, 3.8) is 0 Å². The first-order valence-corrected chi connectivity index (χ1v) is 7.19. The molecule has 0 aliphatic rings. The van der Waals surface area contributed by atoms with E-state index in [-0.39, 0.29) is 11.2 Å². The number of thioether (sulfide) groups is 1. The van der Waals surface area contributed by atoms with Crippen LogP contribution in [0.15, 0.2) is 59.5 Å². The fourth-order valence-electron chi connectivity index (χ4n) is 1.54. The largest absolute Gasteiger partial charge is 0.325 e. The standard InChI is InChI=1S/C15H14ClNOS/c1-11(19-14-9-7-12(16)8-10-14)15(18)17-13-5-3-2-4-6-13/h2-11H,1H3,(H,17,18)/t11-/m1/s1. The lowest BCUT2D eigenvalue weighted by Crippen LogP contribution is -2.22. The maximum Gasteiger partial charge on any atom is 0.237 e. The first-order chi connectivity index (χ1) is 9.15. The first-order valence-electron chi connectivity index (χ1n) is 5.93. The molecule has 0 saturated heterocycles. The minimum Gasteiger partial charge on any atom is -0.325 e. The molecule has 0 aliphatic heterocycles. The molecule has 2 rings (SSSR count). The molecule has 2 aromatic rings. The Morgan fingerprint density at radius 1 is 1.11 bits per heavy atom. The van der Waals surface area contributed by atoms with E-state index in [1.54, 1.807) is 0 Å². The summed E-state index contributed by atoms with van der Waals surface area (Å²) in [5, 5.41) is 3.42. The number of hydrogen-bond acceptors (Lipinski definition) is 2. The van der Waals surface area contributed by atoms with Gasteiger partial charge in [-0.25, -0.2) is 0 Å². The van der Waals surface area contributed by atoms with Gasteiger partial charge in [0.2, 0.25) is 5.91 Å². The minimum absolute atomic E-state index is 0.00819. The topological polar surface area (TPSA) is 29.1 Å². The molecule has 0 spiro atoms. The summed E-state index contributed by atoms with van der Waals surface area (Å²) in [6.45, 7) is 1.89. The molecular formula is C15H14ClNOS. The maximum absolute atomic E-state index is 12.0. The highest BCUT2D eigenvalue weighted by molar-refractivity contribution is 8.00. The fraction of sp³-hybridized carbons (Fsp3) is 0.133. The normalized spacial score (nSPS) is 11.9. The van der Waals surface area contributed by atoms with E-state index < -0.39 is 0 Å². The molecule has 1 atom stereocenters. The average molecular weight is 292 g/mol. The number of benzene rings is 2. The third-order valence-electron chi connectivity index (χ3n) is 2.54. The smallest absolute Gasteiger partial charge is 0.237 e. The number of anilines is 1. The molecule has 4 heteroatoms. The summed E-state index contributed by atoms with van der Waals surface area (Å²) in [6, 6.07) is 16.9. The summed E-state index contributed by atoms with van der Waals surface area (Å²) in [7, 11) is 0. The van der Waals surface area contributed by atoms with Crippen LogP contribution >= 0.6 is 23.4 Å². The molecule has 0 fully saturated rings. The quantitative estimate of drug-likeness (QED) is 0.843. The zero-order chi connectivity index (χ0) is 13.7. The second-order valence-electron chi connectivity index (χ2n) is 4.07. The number of halogens is 1. The SMILES string of the molecule is C[C@@H](Sc1ccc(Cl)cc1)C(=O)Nc1ccccc1. The molecule has 0 saturated carbocycles. The molecule has 2 nitrogen and oxygen atoms in total. The van der Waals surface area contributed by atoms with Crippen LogP contribution in [0.3, 0.4) is 0 Å². The van der Waals surface area contributed by atoms with E-state index in [0.29, 0.717) is 5.02 Å². The van der Waals surface area contributed by atoms with Crippen LogP contribution < -0.4 is 5.32 Å². The minimum atomic E-state index is -0.165. The molecule has 19 heavy (non-hydrogen) atoms. The highest BCUT2D eigenvalue weighted by atomic mass is 35.5. The van der Waals surface area contributed by atoms with Crippen molar-refractivity contribution in [3.05, 3.63) is 59.6 Å². The Bertz CT molecular complexity index is 542. The van der Waals surface area contributed by atoms with Crippen molar-refractivity contribution in [2.45, 2.75) is 17.1 Å². The zero-order valence-corrected chi connectivity index (χ0v) is 12.0. The van der Waals surface area contributed by atoms with Gasteiger partial charge in [-0.15, -0.1) is 11.8 Å². The summed E-state index contributed by atoms with van der Waals surface area (Å²) in [4.78, 5) is 13.1. The van der Waals surface area contributed by atoms with E-state index in [4.69, 9.17) is 11.6 Å². The summed E-state index contributed by atoms with van der Waals surface area (Å²) < 4.78 is 0. The van der Waals surface area contributed by atoms with Gasteiger partial charge in [0.1, 0.15) is 0 Å². The Labute approximate surface area is 122 Å².